The summed E-state index contributed by atoms with van der Waals surface area (Å²) in [6, 6.07) is 22.3. The van der Waals surface area contributed by atoms with E-state index in [1.807, 2.05) is 72.8 Å². The van der Waals surface area contributed by atoms with Gasteiger partial charge in [-0.1, -0.05) is 30.3 Å². The van der Waals surface area contributed by atoms with Crippen molar-refractivity contribution in [3.8, 4) is 17.2 Å². The van der Waals surface area contributed by atoms with Crippen molar-refractivity contribution in [2.45, 2.75) is 0 Å². The van der Waals surface area contributed by atoms with Crippen LogP contribution in [-0.4, -0.2) is 33.1 Å². The quantitative estimate of drug-likeness (QED) is 0.556. The van der Waals surface area contributed by atoms with Crippen LogP contribution in [0.5, 0.6) is 17.2 Å². The first kappa shape index (κ1) is 20.2. The van der Waals surface area contributed by atoms with E-state index in [1.165, 1.54) is 0 Å². The predicted molar refractivity (Wildman–Crippen MR) is 121 cm³/mol. The molecule has 6 heteroatoms. The van der Waals surface area contributed by atoms with E-state index < -0.39 is 0 Å². The lowest BCUT2D eigenvalue weighted by molar-refractivity contribution is -0.113. The molecule has 3 aromatic carbocycles. The molecular weight excluding hydrogens is 392 g/mol. The van der Waals surface area contributed by atoms with Crippen LogP contribution in [0.25, 0.3) is 6.08 Å². The van der Waals surface area contributed by atoms with E-state index in [2.05, 4.69) is 0 Å². The summed E-state index contributed by atoms with van der Waals surface area (Å²) in [5.74, 6) is 2.26. The minimum atomic E-state index is -0.239. The lowest BCUT2D eigenvalue weighted by atomic mass is 10.1. The van der Waals surface area contributed by atoms with Gasteiger partial charge in [0.15, 0.2) is 5.84 Å². The highest BCUT2D eigenvalue weighted by Gasteiger charge is 2.34. The van der Waals surface area contributed by atoms with Crippen molar-refractivity contribution in [1.82, 2.24) is 0 Å². The molecule has 1 aliphatic rings. The molecule has 0 atom stereocenters. The van der Waals surface area contributed by atoms with Gasteiger partial charge in [0, 0.05) is 5.56 Å². The number of benzene rings is 3. The third-order valence-corrected chi connectivity index (χ3v) is 4.97. The van der Waals surface area contributed by atoms with Gasteiger partial charge in [-0.25, -0.2) is 4.99 Å². The number of rotatable bonds is 6. The molecule has 0 fully saturated rings. The van der Waals surface area contributed by atoms with Crippen LogP contribution < -0.4 is 19.1 Å². The summed E-state index contributed by atoms with van der Waals surface area (Å²) in [6.07, 6.45) is 1.74. The van der Waals surface area contributed by atoms with Crippen molar-refractivity contribution >= 4 is 23.5 Å². The zero-order valence-electron chi connectivity index (χ0n) is 17.5. The van der Waals surface area contributed by atoms with Crippen molar-refractivity contribution < 1.29 is 19.0 Å². The van der Waals surface area contributed by atoms with Crippen molar-refractivity contribution in [1.29, 1.82) is 0 Å². The molecule has 1 heterocycles. The van der Waals surface area contributed by atoms with Crippen LogP contribution in [-0.2, 0) is 4.79 Å². The van der Waals surface area contributed by atoms with E-state index >= 15 is 0 Å². The Morgan fingerprint density at radius 3 is 2.10 bits per heavy atom. The normalized spacial score (nSPS) is 14.5. The molecule has 0 aliphatic carbocycles. The Labute approximate surface area is 181 Å². The number of ether oxygens (including phenoxy) is 3. The Balaban J connectivity index is 1.86. The first-order valence-electron chi connectivity index (χ1n) is 9.71. The summed E-state index contributed by atoms with van der Waals surface area (Å²) in [4.78, 5) is 19.8. The van der Waals surface area contributed by atoms with Gasteiger partial charge >= 0.3 is 0 Å². The van der Waals surface area contributed by atoms with Crippen molar-refractivity contribution in [3.63, 3.8) is 0 Å². The van der Waals surface area contributed by atoms with E-state index in [0.717, 1.165) is 11.1 Å². The van der Waals surface area contributed by atoms with Gasteiger partial charge in [0.2, 0.25) is 0 Å². The number of carbonyl (C=O) groups excluding carboxylic acids is 1. The van der Waals surface area contributed by atoms with Crippen molar-refractivity contribution in [3.05, 3.63) is 89.6 Å². The average Bonchev–Trinajstić information content (AvgIpc) is 3.15. The smallest absolute Gasteiger partial charge is 0.282 e. The van der Waals surface area contributed by atoms with Crippen LogP contribution in [0.4, 0.5) is 5.69 Å². The Morgan fingerprint density at radius 2 is 1.42 bits per heavy atom. The number of amidine groups is 1. The second kappa shape index (κ2) is 8.75. The Bertz CT molecular complexity index is 1170. The zero-order valence-corrected chi connectivity index (χ0v) is 17.5. The molecule has 0 unspecified atom stereocenters. The predicted octanol–water partition coefficient (Wildman–Crippen LogP) is 4.55. The molecule has 1 aliphatic heterocycles. The van der Waals surface area contributed by atoms with Crippen molar-refractivity contribution in [2.75, 3.05) is 26.2 Å². The minimum Gasteiger partial charge on any atom is -0.497 e. The molecule has 0 aromatic heterocycles. The van der Waals surface area contributed by atoms with Crippen LogP contribution in [0, 0.1) is 0 Å². The summed E-state index contributed by atoms with van der Waals surface area (Å²) in [5.41, 5.74) is 2.48. The monoisotopic (exact) mass is 414 g/mol. The van der Waals surface area contributed by atoms with E-state index in [-0.39, 0.29) is 5.91 Å². The number of methoxy groups -OCH3 is 3. The van der Waals surface area contributed by atoms with Crippen LogP contribution >= 0.6 is 0 Å². The fourth-order valence-electron chi connectivity index (χ4n) is 3.43. The maximum absolute atomic E-state index is 13.5. The van der Waals surface area contributed by atoms with E-state index in [0.29, 0.717) is 34.5 Å². The summed E-state index contributed by atoms with van der Waals surface area (Å²) in [5, 5.41) is 0. The molecule has 0 radical (unpaired) electrons. The second-order valence-corrected chi connectivity index (χ2v) is 6.75. The van der Waals surface area contributed by atoms with Gasteiger partial charge in [0.05, 0.1) is 32.6 Å². The summed E-state index contributed by atoms with van der Waals surface area (Å²) < 4.78 is 16.2. The average molecular weight is 414 g/mol. The Hall–Kier alpha value is -4.06. The molecule has 0 saturated heterocycles. The first-order valence-corrected chi connectivity index (χ1v) is 9.71. The van der Waals surface area contributed by atoms with Gasteiger partial charge in [-0.15, -0.1) is 0 Å². The Morgan fingerprint density at radius 1 is 0.774 bits per heavy atom. The number of nitrogens with zero attached hydrogens (tertiary/aromatic N) is 2. The van der Waals surface area contributed by atoms with Gasteiger partial charge in [-0.2, -0.15) is 0 Å². The number of para-hydroxylation sites is 2. The van der Waals surface area contributed by atoms with Crippen LogP contribution in [0.15, 0.2) is 83.5 Å². The van der Waals surface area contributed by atoms with E-state index in [1.54, 1.807) is 32.3 Å². The van der Waals surface area contributed by atoms with Crippen LogP contribution in [0.3, 0.4) is 0 Å². The molecule has 31 heavy (non-hydrogen) atoms. The molecule has 0 spiro atoms. The highest BCUT2D eigenvalue weighted by molar-refractivity contribution is 6.33. The minimum absolute atomic E-state index is 0.239. The SMILES string of the molecule is COc1ccc(N2C(=O)/C(=C\c3ccccc3OC)N=C2c2ccccc2OC)cc1. The third-order valence-electron chi connectivity index (χ3n) is 4.97. The van der Waals surface area contributed by atoms with Gasteiger partial charge in [-0.3, -0.25) is 9.69 Å². The van der Waals surface area contributed by atoms with Gasteiger partial charge in [-0.05, 0) is 48.5 Å². The molecule has 0 bridgehead atoms. The molecule has 4 rings (SSSR count). The van der Waals surface area contributed by atoms with Crippen molar-refractivity contribution in [2.24, 2.45) is 4.99 Å². The fourth-order valence-corrected chi connectivity index (χ4v) is 3.43. The topological polar surface area (TPSA) is 60.4 Å². The Kier molecular flexibility index (Phi) is 5.71. The number of anilines is 1. The second-order valence-electron chi connectivity index (χ2n) is 6.75. The zero-order chi connectivity index (χ0) is 21.8. The maximum Gasteiger partial charge on any atom is 0.282 e. The largest absolute Gasteiger partial charge is 0.497 e. The molecule has 6 nitrogen and oxygen atoms in total. The van der Waals surface area contributed by atoms with Crippen LogP contribution in [0.2, 0.25) is 0 Å². The molecule has 0 saturated carbocycles. The summed E-state index contributed by atoms with van der Waals surface area (Å²) in [6.45, 7) is 0. The number of amides is 1. The maximum atomic E-state index is 13.5. The van der Waals surface area contributed by atoms with Gasteiger partial charge in [0.1, 0.15) is 22.9 Å². The fraction of sp³-hybridized carbons (Fsp3) is 0.120. The summed E-state index contributed by atoms with van der Waals surface area (Å²) >= 11 is 0. The van der Waals surface area contributed by atoms with Gasteiger partial charge < -0.3 is 14.2 Å². The third kappa shape index (κ3) is 3.88. The summed E-state index contributed by atoms with van der Waals surface area (Å²) in [7, 11) is 4.80. The lowest BCUT2D eigenvalue weighted by Gasteiger charge is -2.20. The van der Waals surface area contributed by atoms with E-state index in [9.17, 15) is 4.79 Å². The first-order chi connectivity index (χ1) is 15.2. The number of hydrogen-bond acceptors (Lipinski definition) is 5. The highest BCUT2D eigenvalue weighted by Crippen LogP contribution is 2.33. The van der Waals surface area contributed by atoms with E-state index in [4.69, 9.17) is 19.2 Å². The molecule has 0 N–H and O–H groups in total. The van der Waals surface area contributed by atoms with Crippen LogP contribution in [0.1, 0.15) is 11.1 Å². The number of carbonyl (C=O) groups is 1. The number of hydrogen-bond donors (Lipinski definition) is 0. The highest BCUT2D eigenvalue weighted by atomic mass is 16.5. The molecule has 156 valence electrons. The molecule has 3 aromatic rings. The molecular formula is C25H22N2O4. The number of aliphatic imine (C=N–C) groups is 1. The molecule has 1 amide bonds. The van der Waals surface area contributed by atoms with Gasteiger partial charge in [0.25, 0.3) is 5.91 Å². The lowest BCUT2D eigenvalue weighted by Crippen LogP contribution is -2.32. The standard InChI is InChI=1S/C25H22N2O4/c1-29-19-14-12-18(13-15-19)27-24(20-9-5-7-11-23(20)31-3)26-21(25(27)28)16-17-8-4-6-10-22(17)30-2/h4-16H,1-3H3/b21-16+.